The quantitative estimate of drug-likeness (QED) is 0.480. The first-order chi connectivity index (χ1) is 12.8. The number of likely N-dealkylation sites (tertiary alicyclic amines) is 1. The Morgan fingerprint density at radius 2 is 1.85 bits per heavy atom. The molecule has 140 valence electrons. The summed E-state index contributed by atoms with van der Waals surface area (Å²) in [6.45, 7) is 3.41. The van der Waals surface area contributed by atoms with Gasteiger partial charge in [-0.25, -0.2) is 0 Å². The average Bonchev–Trinajstić information content (AvgIpc) is 2.86. The van der Waals surface area contributed by atoms with E-state index < -0.39 is 23.8 Å². The molecule has 1 aliphatic heterocycles. The Morgan fingerprint density at radius 3 is 2.44 bits per heavy atom. The van der Waals surface area contributed by atoms with E-state index in [1.165, 1.54) is 11.8 Å². The summed E-state index contributed by atoms with van der Waals surface area (Å²) >= 11 is 6.09. The van der Waals surface area contributed by atoms with Crippen LogP contribution in [0.2, 0.25) is 5.02 Å². The van der Waals surface area contributed by atoms with Crippen molar-refractivity contribution < 1.29 is 19.8 Å². The number of β-amino-alcohol motifs (C(OH)–C–C–N with tert-alkyl or cyclic N) is 1. The molecule has 1 fully saturated rings. The topological polar surface area (TPSA) is 77.8 Å². The SMILES string of the molecule is Cc1ccc(/C(O)=C2\C(=O)C(=O)N(CC(C)O)C2c2cccc(Cl)c2)cc1. The van der Waals surface area contributed by atoms with Crippen molar-refractivity contribution in [1.82, 2.24) is 4.90 Å². The Kier molecular flexibility index (Phi) is 5.35. The molecule has 2 aromatic rings. The lowest BCUT2D eigenvalue weighted by molar-refractivity contribution is -0.140. The average molecular weight is 386 g/mol. The lowest BCUT2D eigenvalue weighted by Gasteiger charge is -2.26. The maximum atomic E-state index is 12.7. The Labute approximate surface area is 162 Å². The lowest BCUT2D eigenvalue weighted by Crippen LogP contribution is -2.35. The van der Waals surface area contributed by atoms with E-state index in [4.69, 9.17) is 11.6 Å². The second-order valence-electron chi connectivity index (χ2n) is 6.72. The van der Waals surface area contributed by atoms with Gasteiger partial charge in [-0.2, -0.15) is 0 Å². The third-order valence-electron chi connectivity index (χ3n) is 4.49. The molecule has 5 nitrogen and oxygen atoms in total. The molecular formula is C21H20ClNO4. The molecule has 2 unspecified atom stereocenters. The molecule has 3 rings (SSSR count). The molecule has 2 N–H and O–H groups in total. The highest BCUT2D eigenvalue weighted by Crippen LogP contribution is 2.40. The van der Waals surface area contributed by atoms with Crippen molar-refractivity contribution in [1.29, 1.82) is 0 Å². The van der Waals surface area contributed by atoms with Crippen LogP contribution in [0.5, 0.6) is 0 Å². The molecule has 0 aliphatic carbocycles. The fourth-order valence-electron chi connectivity index (χ4n) is 3.24. The zero-order valence-electron chi connectivity index (χ0n) is 15.0. The lowest BCUT2D eigenvalue weighted by atomic mass is 9.95. The highest BCUT2D eigenvalue weighted by molar-refractivity contribution is 6.46. The highest BCUT2D eigenvalue weighted by atomic mass is 35.5. The Morgan fingerprint density at radius 1 is 1.19 bits per heavy atom. The van der Waals surface area contributed by atoms with Gasteiger partial charge >= 0.3 is 0 Å². The molecule has 0 radical (unpaired) electrons. The third-order valence-corrected chi connectivity index (χ3v) is 4.73. The summed E-state index contributed by atoms with van der Waals surface area (Å²) < 4.78 is 0. The summed E-state index contributed by atoms with van der Waals surface area (Å²) in [6, 6.07) is 13.0. The Balaban J connectivity index is 2.19. The number of nitrogens with zero attached hydrogens (tertiary/aromatic N) is 1. The van der Waals surface area contributed by atoms with Gasteiger partial charge in [-0.15, -0.1) is 0 Å². The maximum Gasteiger partial charge on any atom is 0.295 e. The number of aliphatic hydroxyl groups is 2. The number of hydrogen-bond acceptors (Lipinski definition) is 4. The minimum atomic E-state index is -0.829. The Hall–Kier alpha value is -2.63. The van der Waals surface area contributed by atoms with Gasteiger partial charge in [-0.3, -0.25) is 9.59 Å². The molecule has 2 atom stereocenters. The van der Waals surface area contributed by atoms with Gasteiger partial charge in [0.2, 0.25) is 0 Å². The van der Waals surface area contributed by atoms with E-state index in [2.05, 4.69) is 0 Å². The van der Waals surface area contributed by atoms with Gasteiger partial charge in [0.15, 0.2) is 0 Å². The number of ketones is 1. The number of rotatable bonds is 4. The van der Waals surface area contributed by atoms with Gasteiger partial charge in [0.25, 0.3) is 11.7 Å². The number of carbonyl (C=O) groups is 2. The van der Waals surface area contributed by atoms with Crippen molar-refractivity contribution in [2.75, 3.05) is 6.54 Å². The minimum Gasteiger partial charge on any atom is -0.507 e. The molecule has 2 aromatic carbocycles. The van der Waals surface area contributed by atoms with Crippen LogP contribution in [0, 0.1) is 6.92 Å². The molecule has 6 heteroatoms. The molecule has 1 heterocycles. The number of benzene rings is 2. The van der Waals surface area contributed by atoms with Gasteiger partial charge in [-0.05, 0) is 31.5 Å². The van der Waals surface area contributed by atoms with E-state index in [1.807, 2.05) is 19.1 Å². The molecule has 0 spiro atoms. The number of carbonyl (C=O) groups excluding carboxylic acids is 2. The molecule has 0 saturated carbocycles. The third kappa shape index (κ3) is 3.75. The van der Waals surface area contributed by atoms with Crippen LogP contribution in [0.25, 0.3) is 5.76 Å². The van der Waals surface area contributed by atoms with Crippen LogP contribution in [-0.2, 0) is 9.59 Å². The number of Topliss-reactive ketones (excluding diaryl/α,β-unsaturated/α-hetero) is 1. The molecule has 0 aromatic heterocycles. The first-order valence-electron chi connectivity index (χ1n) is 8.58. The second-order valence-corrected chi connectivity index (χ2v) is 7.16. The van der Waals surface area contributed by atoms with Gasteiger partial charge in [0.05, 0.1) is 17.7 Å². The summed E-state index contributed by atoms with van der Waals surface area (Å²) in [5.74, 6) is -1.78. The summed E-state index contributed by atoms with van der Waals surface area (Å²) in [5.41, 5.74) is 2.04. The summed E-state index contributed by atoms with van der Waals surface area (Å²) in [7, 11) is 0. The van der Waals surface area contributed by atoms with Crippen molar-refractivity contribution >= 4 is 29.1 Å². The smallest absolute Gasteiger partial charge is 0.295 e. The molecule has 0 bridgehead atoms. The summed E-state index contributed by atoms with van der Waals surface area (Å²) in [5, 5.41) is 21.1. The number of amides is 1. The monoisotopic (exact) mass is 385 g/mol. The molecule has 1 amide bonds. The van der Waals surface area contributed by atoms with Crippen molar-refractivity contribution in [3.05, 3.63) is 75.8 Å². The van der Waals surface area contributed by atoms with Gasteiger partial charge < -0.3 is 15.1 Å². The van der Waals surface area contributed by atoms with E-state index in [1.54, 1.807) is 36.4 Å². The van der Waals surface area contributed by atoms with Crippen molar-refractivity contribution in [3.63, 3.8) is 0 Å². The van der Waals surface area contributed by atoms with Crippen LogP contribution in [0.3, 0.4) is 0 Å². The minimum absolute atomic E-state index is 0.00762. The molecule has 1 aliphatic rings. The van der Waals surface area contributed by atoms with Crippen molar-refractivity contribution in [3.8, 4) is 0 Å². The largest absolute Gasteiger partial charge is 0.507 e. The van der Waals surface area contributed by atoms with Gasteiger partial charge in [0, 0.05) is 17.1 Å². The second kappa shape index (κ2) is 7.55. The van der Waals surface area contributed by atoms with Crippen LogP contribution >= 0.6 is 11.6 Å². The van der Waals surface area contributed by atoms with Crippen LogP contribution in [0.4, 0.5) is 0 Å². The predicted molar refractivity (Wildman–Crippen MR) is 103 cm³/mol. The zero-order chi connectivity index (χ0) is 19.7. The van der Waals surface area contributed by atoms with Crippen molar-refractivity contribution in [2.24, 2.45) is 0 Å². The Bertz CT molecular complexity index is 918. The number of aryl methyl sites for hydroxylation is 1. The van der Waals surface area contributed by atoms with Crippen LogP contribution in [-0.4, -0.2) is 39.5 Å². The number of aliphatic hydroxyl groups excluding tert-OH is 2. The highest BCUT2D eigenvalue weighted by Gasteiger charge is 2.46. The zero-order valence-corrected chi connectivity index (χ0v) is 15.8. The normalized spacial score (nSPS) is 20.1. The summed E-state index contributed by atoms with van der Waals surface area (Å²) in [6.07, 6.45) is -0.829. The van der Waals surface area contributed by atoms with E-state index in [-0.39, 0.29) is 17.9 Å². The molecule has 1 saturated heterocycles. The van der Waals surface area contributed by atoms with Crippen LogP contribution in [0.15, 0.2) is 54.1 Å². The number of hydrogen-bond donors (Lipinski definition) is 2. The maximum absolute atomic E-state index is 12.7. The first kappa shape index (κ1) is 19.1. The van der Waals surface area contributed by atoms with E-state index >= 15 is 0 Å². The van der Waals surface area contributed by atoms with Crippen LogP contribution < -0.4 is 0 Å². The summed E-state index contributed by atoms with van der Waals surface area (Å²) in [4.78, 5) is 26.6. The van der Waals surface area contributed by atoms with Gasteiger partial charge in [-0.1, -0.05) is 53.6 Å². The van der Waals surface area contributed by atoms with Crippen molar-refractivity contribution in [2.45, 2.75) is 26.0 Å². The van der Waals surface area contributed by atoms with Gasteiger partial charge in [0.1, 0.15) is 5.76 Å². The van der Waals surface area contributed by atoms with E-state index in [0.717, 1.165) is 5.56 Å². The standard InChI is InChI=1S/C21H20ClNO4/c1-12-6-8-14(9-7-12)19(25)17-18(15-4-3-5-16(22)10-15)23(11-13(2)24)21(27)20(17)26/h3-10,13,18,24-25H,11H2,1-2H3/b19-17+. The number of halogens is 1. The molecular weight excluding hydrogens is 366 g/mol. The fourth-order valence-corrected chi connectivity index (χ4v) is 3.44. The first-order valence-corrected chi connectivity index (χ1v) is 8.96. The molecule has 27 heavy (non-hydrogen) atoms. The van der Waals surface area contributed by atoms with Crippen LogP contribution in [0.1, 0.15) is 29.7 Å². The van der Waals surface area contributed by atoms with E-state index in [0.29, 0.717) is 16.1 Å². The fraction of sp³-hybridized carbons (Fsp3) is 0.238. The van der Waals surface area contributed by atoms with E-state index in [9.17, 15) is 19.8 Å². The predicted octanol–water partition coefficient (Wildman–Crippen LogP) is 3.45.